The summed E-state index contributed by atoms with van der Waals surface area (Å²) in [6.45, 7) is 1.59. The number of hydrogen-bond acceptors (Lipinski definition) is 4. The fraction of sp³-hybridized carbons (Fsp3) is 0.905. The largest absolute Gasteiger partial charge is 0.538 e. The molecular formula is C21H40O5. The highest BCUT2D eigenvalue weighted by atomic mass is 16.4. The predicted molar refractivity (Wildman–Crippen MR) is 103 cm³/mol. The molecule has 1 atom stereocenters. The van der Waals surface area contributed by atoms with Gasteiger partial charge in [0.15, 0.2) is 12.1 Å². The van der Waals surface area contributed by atoms with E-state index >= 15 is 0 Å². The molecule has 0 heterocycles. The highest BCUT2D eigenvalue weighted by Crippen LogP contribution is 2.13. The van der Waals surface area contributed by atoms with Crippen LogP contribution in [0.3, 0.4) is 0 Å². The van der Waals surface area contributed by atoms with Crippen molar-refractivity contribution < 1.29 is 24.5 Å². The van der Waals surface area contributed by atoms with Gasteiger partial charge in [-0.2, -0.15) is 0 Å². The number of ketones is 1. The van der Waals surface area contributed by atoms with Crippen LogP contribution in [0.15, 0.2) is 0 Å². The molecular weight excluding hydrogens is 332 g/mol. The van der Waals surface area contributed by atoms with Gasteiger partial charge in [0, 0.05) is 0 Å². The van der Waals surface area contributed by atoms with E-state index in [1.165, 1.54) is 70.6 Å². The average Bonchev–Trinajstić information content (AvgIpc) is 2.63. The molecule has 0 aliphatic carbocycles. The Morgan fingerprint density at radius 3 is 1.65 bits per heavy atom. The van der Waals surface area contributed by atoms with Crippen LogP contribution in [0.4, 0.5) is 0 Å². The second-order valence-electron chi connectivity index (χ2n) is 7.20. The zero-order chi connectivity index (χ0) is 19.5. The first kappa shape index (κ1) is 25.1. The molecule has 0 saturated carbocycles. The van der Waals surface area contributed by atoms with Gasteiger partial charge in [-0.15, -0.1) is 0 Å². The van der Waals surface area contributed by atoms with Crippen molar-refractivity contribution in [2.24, 2.45) is 0 Å². The second-order valence-corrected chi connectivity index (χ2v) is 7.20. The zero-order valence-electron chi connectivity index (χ0n) is 16.7. The quantitative estimate of drug-likeness (QED) is 0.207. The molecule has 0 aromatic carbocycles. The summed E-state index contributed by atoms with van der Waals surface area (Å²) in [6.07, 6.45) is 16.7. The van der Waals surface area contributed by atoms with Crippen LogP contribution in [0.2, 0.25) is 0 Å². The van der Waals surface area contributed by atoms with Gasteiger partial charge in [-0.05, 0) is 6.42 Å². The van der Waals surface area contributed by atoms with Gasteiger partial charge in [0.2, 0.25) is 0 Å². The van der Waals surface area contributed by atoms with Gasteiger partial charge in [0.05, 0.1) is 13.0 Å². The lowest BCUT2D eigenvalue weighted by atomic mass is 10.0. The topological polar surface area (TPSA) is 91.9 Å². The van der Waals surface area contributed by atoms with E-state index in [2.05, 4.69) is 6.92 Å². The minimum absolute atomic E-state index is 0.128. The lowest BCUT2D eigenvalue weighted by Gasteiger charge is -2.03. The van der Waals surface area contributed by atoms with Gasteiger partial charge in [-0.25, -0.2) is 0 Å². The normalized spacial score (nSPS) is 13.1. The van der Waals surface area contributed by atoms with Crippen LogP contribution in [0.5, 0.6) is 0 Å². The van der Waals surface area contributed by atoms with Gasteiger partial charge in [-0.3, -0.25) is 4.42 Å². The Labute approximate surface area is 159 Å². The Morgan fingerprint density at radius 2 is 1.27 bits per heavy atom. The van der Waals surface area contributed by atoms with Crippen LogP contribution < -0.4 is 5.11 Å². The number of aliphatic carboxylic acids is 1. The van der Waals surface area contributed by atoms with Crippen LogP contribution in [0.1, 0.15) is 103 Å². The molecule has 1 unspecified atom stereocenters. The summed E-state index contributed by atoms with van der Waals surface area (Å²) in [4.78, 5) is 10.9. The molecule has 0 bridgehead atoms. The third-order valence-corrected chi connectivity index (χ3v) is 4.65. The monoisotopic (exact) mass is 372 g/mol. The van der Waals surface area contributed by atoms with Crippen molar-refractivity contribution >= 4 is 11.8 Å². The van der Waals surface area contributed by atoms with E-state index in [1.54, 1.807) is 0 Å². The van der Waals surface area contributed by atoms with Crippen LogP contribution in [-0.4, -0.2) is 41.3 Å². The molecule has 154 valence electrons. The minimum atomic E-state index is -1.33. The summed E-state index contributed by atoms with van der Waals surface area (Å²) in [5, 5.41) is 28.8. The lowest BCUT2D eigenvalue weighted by molar-refractivity contribution is -0.473. The minimum Gasteiger partial charge on any atom is -0.538 e. The predicted octanol–water partition coefficient (Wildman–Crippen LogP) is 3.07. The number of aliphatic hydroxyl groups is 2. The lowest BCUT2D eigenvalue weighted by Crippen LogP contribution is -2.34. The van der Waals surface area contributed by atoms with E-state index in [9.17, 15) is 15.0 Å². The van der Waals surface area contributed by atoms with Crippen LogP contribution in [0, 0.1) is 0 Å². The van der Waals surface area contributed by atoms with Crippen molar-refractivity contribution in [2.45, 2.75) is 109 Å². The Bertz CT molecular complexity index is 354. The molecule has 5 heteroatoms. The molecule has 0 saturated heterocycles. The van der Waals surface area contributed by atoms with Crippen molar-refractivity contribution in [3.05, 3.63) is 0 Å². The van der Waals surface area contributed by atoms with E-state index in [0.717, 1.165) is 19.3 Å². The molecule has 2 N–H and O–H groups in total. The average molecular weight is 373 g/mol. The van der Waals surface area contributed by atoms with Gasteiger partial charge in [0.25, 0.3) is 6.61 Å². The van der Waals surface area contributed by atoms with Crippen molar-refractivity contribution in [3.8, 4) is 0 Å². The number of carboxylic acid groups (broad SMARTS) is 1. The smallest absolute Gasteiger partial charge is 0.342 e. The summed E-state index contributed by atoms with van der Waals surface area (Å²) < 4.78 is 5.01. The molecule has 0 aromatic rings. The fourth-order valence-electron chi connectivity index (χ4n) is 2.96. The number of carboxylic acids is 1. The first-order chi connectivity index (χ1) is 12.6. The first-order valence-corrected chi connectivity index (χ1v) is 10.6. The zero-order valence-corrected chi connectivity index (χ0v) is 16.7. The summed E-state index contributed by atoms with van der Waals surface area (Å²) in [5.41, 5.74) is 0. The van der Waals surface area contributed by atoms with Crippen molar-refractivity contribution in [3.63, 3.8) is 0 Å². The number of aliphatic hydroxyl groups excluding tert-OH is 2. The highest BCUT2D eigenvalue weighted by molar-refractivity contribution is 6.31. The molecule has 0 radical (unpaired) electrons. The first-order valence-electron chi connectivity index (χ1n) is 10.6. The molecule has 0 rings (SSSR count). The van der Waals surface area contributed by atoms with Crippen molar-refractivity contribution in [2.75, 3.05) is 13.2 Å². The number of rotatable bonds is 19. The number of hydrogen-bond donors (Lipinski definition) is 2. The number of carbonyl (C=O) groups excluding carboxylic acids is 2. The number of unbranched alkanes of at least 4 members (excludes halogenated alkanes) is 13. The van der Waals surface area contributed by atoms with E-state index in [-0.39, 0.29) is 12.4 Å². The standard InChI is InChI=1S/C21H40O5/c1-2-3-4-5-6-7-8-9-10-11-12-13-14-15-16-20(21(24)25)26-18-19(23)17-22/h19,22-23H,2-18H2,1H3. The summed E-state index contributed by atoms with van der Waals surface area (Å²) in [6, 6.07) is 0. The van der Waals surface area contributed by atoms with Crippen LogP contribution in [-0.2, 0) is 9.22 Å². The Balaban J connectivity index is 3.47. The summed E-state index contributed by atoms with van der Waals surface area (Å²) in [5.74, 6) is -1.46. The van der Waals surface area contributed by atoms with E-state index < -0.39 is 18.7 Å². The molecule has 26 heavy (non-hydrogen) atoms. The van der Waals surface area contributed by atoms with Crippen LogP contribution >= 0.6 is 0 Å². The van der Waals surface area contributed by atoms with E-state index in [4.69, 9.17) is 9.53 Å². The second kappa shape index (κ2) is 18.8. The molecule has 0 fully saturated rings. The highest BCUT2D eigenvalue weighted by Gasteiger charge is 2.16. The third-order valence-electron chi connectivity index (χ3n) is 4.65. The Hall–Kier alpha value is -0.940. The molecule has 0 aromatic heterocycles. The maximum atomic E-state index is 10.9. The molecule has 0 aliphatic heterocycles. The molecule has 0 spiro atoms. The SMILES string of the molecule is CCCCCCCCCCCCCCCCC(=[O+]CC(O)CO)C(=O)[O-]. The summed E-state index contributed by atoms with van der Waals surface area (Å²) >= 11 is 0. The Kier molecular flexibility index (Phi) is 18.2. The van der Waals surface area contributed by atoms with Gasteiger partial charge in [-0.1, -0.05) is 90.4 Å². The molecule has 0 amide bonds. The van der Waals surface area contributed by atoms with Crippen molar-refractivity contribution in [1.29, 1.82) is 0 Å². The Morgan fingerprint density at radius 1 is 0.846 bits per heavy atom. The fourth-order valence-corrected chi connectivity index (χ4v) is 2.96. The summed E-state index contributed by atoms with van der Waals surface area (Å²) in [7, 11) is 0. The van der Waals surface area contributed by atoms with Crippen molar-refractivity contribution in [1.82, 2.24) is 0 Å². The third kappa shape index (κ3) is 16.5. The van der Waals surface area contributed by atoms with E-state index in [0.29, 0.717) is 6.42 Å². The molecule has 5 nitrogen and oxygen atoms in total. The van der Waals surface area contributed by atoms with Gasteiger partial charge < -0.3 is 20.1 Å². The van der Waals surface area contributed by atoms with Gasteiger partial charge >= 0.3 is 5.78 Å². The molecule has 0 aliphatic rings. The number of carbonyl (C=O) groups is 1. The van der Waals surface area contributed by atoms with Crippen LogP contribution in [0.25, 0.3) is 0 Å². The maximum absolute atomic E-state index is 10.9. The maximum Gasteiger partial charge on any atom is 0.342 e. The van der Waals surface area contributed by atoms with E-state index in [1.807, 2.05) is 0 Å². The van der Waals surface area contributed by atoms with Gasteiger partial charge in [0.1, 0.15) is 0 Å².